The van der Waals surface area contributed by atoms with Gasteiger partial charge in [0.05, 0.1) is 31.0 Å². The van der Waals surface area contributed by atoms with Crippen LogP contribution in [0.25, 0.3) is 0 Å². The molecular weight excluding hydrogens is 442 g/mol. The summed E-state index contributed by atoms with van der Waals surface area (Å²) in [5.41, 5.74) is 2.11. The highest BCUT2D eigenvalue weighted by molar-refractivity contribution is 7.17. The van der Waals surface area contributed by atoms with Crippen LogP contribution in [0, 0.1) is 5.92 Å². The van der Waals surface area contributed by atoms with Gasteiger partial charge in [-0.05, 0) is 43.6 Å². The Morgan fingerprint density at radius 2 is 2.00 bits per heavy atom. The molecule has 3 heterocycles. The molecule has 2 N–H and O–H groups in total. The molecule has 1 unspecified atom stereocenters. The Balaban J connectivity index is 1.31. The number of likely N-dealkylation sites (tertiary alicyclic amines) is 1. The maximum Gasteiger partial charge on any atom is 0.341 e. The summed E-state index contributed by atoms with van der Waals surface area (Å²) in [4.78, 5) is 40.8. The first kappa shape index (κ1) is 23.4. The summed E-state index contributed by atoms with van der Waals surface area (Å²) in [6.07, 6.45) is 7.60. The summed E-state index contributed by atoms with van der Waals surface area (Å²) in [6.45, 7) is 3.89. The Labute approximate surface area is 197 Å². The van der Waals surface area contributed by atoms with Gasteiger partial charge in [-0.2, -0.15) is 5.10 Å². The molecule has 2 aromatic rings. The third-order valence-corrected chi connectivity index (χ3v) is 7.58. The Hall–Kier alpha value is -2.72. The lowest BCUT2D eigenvalue weighted by molar-refractivity contribution is -0.117. The van der Waals surface area contributed by atoms with Crippen molar-refractivity contribution in [3.05, 3.63) is 34.0 Å². The summed E-state index contributed by atoms with van der Waals surface area (Å²) in [5, 5.41) is 10.7. The van der Waals surface area contributed by atoms with E-state index in [4.69, 9.17) is 4.74 Å². The number of esters is 1. The molecule has 0 aromatic carbocycles. The van der Waals surface area contributed by atoms with E-state index in [1.54, 1.807) is 24.1 Å². The zero-order chi connectivity index (χ0) is 23.5. The smallest absolute Gasteiger partial charge is 0.341 e. The largest absolute Gasteiger partial charge is 0.465 e. The average Bonchev–Trinajstić information content (AvgIpc) is 3.37. The van der Waals surface area contributed by atoms with Crippen molar-refractivity contribution in [2.24, 2.45) is 13.0 Å². The molecule has 1 fully saturated rings. The first-order valence-electron chi connectivity index (χ1n) is 11.4. The molecule has 2 aliphatic rings. The van der Waals surface area contributed by atoms with E-state index in [9.17, 15) is 14.4 Å². The fraction of sp³-hybridized carbons (Fsp3) is 0.565. The molecule has 0 radical (unpaired) electrons. The number of hydrogen-bond donors (Lipinski definition) is 2. The van der Waals surface area contributed by atoms with Gasteiger partial charge in [0.1, 0.15) is 5.00 Å². The minimum atomic E-state index is -0.387. The number of aromatic nitrogens is 2. The topological polar surface area (TPSA) is 106 Å². The van der Waals surface area contributed by atoms with E-state index < -0.39 is 0 Å². The van der Waals surface area contributed by atoms with Crippen LogP contribution in [-0.4, -0.2) is 65.2 Å². The van der Waals surface area contributed by atoms with E-state index in [1.807, 2.05) is 0 Å². The molecule has 178 valence electrons. The molecule has 1 atom stereocenters. The van der Waals surface area contributed by atoms with Gasteiger partial charge in [-0.15, -0.1) is 11.3 Å². The lowest BCUT2D eigenvalue weighted by Gasteiger charge is -2.31. The number of fused-ring (bicyclic) bond motifs is 1. The molecule has 2 amide bonds. The van der Waals surface area contributed by atoms with Crippen molar-refractivity contribution in [1.29, 1.82) is 0 Å². The summed E-state index contributed by atoms with van der Waals surface area (Å²) >= 11 is 1.50. The molecule has 2 aromatic heterocycles. The van der Waals surface area contributed by atoms with Crippen LogP contribution in [0.4, 0.5) is 5.00 Å². The summed E-state index contributed by atoms with van der Waals surface area (Å²) in [6, 6.07) is 0.0777. The zero-order valence-electron chi connectivity index (χ0n) is 19.3. The normalized spacial score (nSPS) is 19.1. The lowest BCUT2D eigenvalue weighted by atomic mass is 9.88. The second kappa shape index (κ2) is 10.0. The average molecular weight is 474 g/mol. The van der Waals surface area contributed by atoms with Crippen molar-refractivity contribution in [1.82, 2.24) is 20.0 Å². The predicted molar refractivity (Wildman–Crippen MR) is 126 cm³/mol. The molecular formula is C23H31N5O4S. The number of ether oxygens (including phenoxy) is 1. The molecule has 33 heavy (non-hydrogen) atoms. The van der Waals surface area contributed by atoms with E-state index in [0.29, 0.717) is 35.1 Å². The fourth-order valence-corrected chi connectivity index (χ4v) is 5.98. The van der Waals surface area contributed by atoms with Gasteiger partial charge >= 0.3 is 5.97 Å². The minimum Gasteiger partial charge on any atom is -0.465 e. The van der Waals surface area contributed by atoms with Crippen molar-refractivity contribution >= 4 is 34.1 Å². The van der Waals surface area contributed by atoms with Crippen LogP contribution in [-0.2, 0) is 29.4 Å². The SMILES string of the molecule is COC(=O)c1c(NC(=O)CN2CCC(NC(=O)c3cnn(C)c3)CC2)sc2c1CCC(C)C2. The van der Waals surface area contributed by atoms with Crippen molar-refractivity contribution < 1.29 is 19.1 Å². The van der Waals surface area contributed by atoms with Gasteiger partial charge in [0.2, 0.25) is 5.91 Å². The monoisotopic (exact) mass is 473 g/mol. The number of rotatable bonds is 6. The van der Waals surface area contributed by atoms with Gasteiger partial charge in [0.15, 0.2) is 0 Å². The Kier molecular flexibility index (Phi) is 7.14. The van der Waals surface area contributed by atoms with Crippen LogP contribution in [0.15, 0.2) is 12.4 Å². The highest BCUT2D eigenvalue weighted by Gasteiger charge is 2.29. The Morgan fingerprint density at radius 3 is 2.67 bits per heavy atom. The molecule has 1 saturated heterocycles. The number of aryl methyl sites for hydroxylation is 1. The van der Waals surface area contributed by atoms with Crippen molar-refractivity contribution in [2.45, 2.75) is 45.1 Å². The Bertz CT molecular complexity index is 1040. The lowest BCUT2D eigenvalue weighted by Crippen LogP contribution is -2.46. The minimum absolute atomic E-state index is 0.0777. The fourth-order valence-electron chi connectivity index (χ4n) is 4.57. The second-order valence-corrected chi connectivity index (χ2v) is 10.1. The van der Waals surface area contributed by atoms with Gasteiger partial charge in [-0.3, -0.25) is 19.2 Å². The third kappa shape index (κ3) is 5.44. The quantitative estimate of drug-likeness (QED) is 0.624. The highest BCUT2D eigenvalue weighted by Crippen LogP contribution is 2.40. The number of thiophene rings is 1. The summed E-state index contributed by atoms with van der Waals surface area (Å²) in [5.74, 6) is -0.0667. The standard InChI is InChI=1S/C23H31N5O4S/c1-14-4-5-17-18(10-14)33-22(20(17)23(31)32-3)26-19(29)13-28-8-6-16(7-9-28)25-21(30)15-11-24-27(2)12-15/h11-12,14,16H,4-10,13H2,1-3H3,(H,25,30)(H,26,29). The van der Waals surface area contributed by atoms with Crippen LogP contribution in [0.1, 0.15) is 57.3 Å². The van der Waals surface area contributed by atoms with E-state index in [-0.39, 0.29) is 30.4 Å². The number of carbonyl (C=O) groups excluding carboxylic acids is 3. The number of hydrogen-bond acceptors (Lipinski definition) is 7. The predicted octanol–water partition coefficient (Wildman–Crippen LogP) is 2.23. The van der Waals surface area contributed by atoms with Crippen LogP contribution in [0.3, 0.4) is 0 Å². The van der Waals surface area contributed by atoms with Crippen molar-refractivity contribution in [3.8, 4) is 0 Å². The maximum atomic E-state index is 12.8. The van der Waals surface area contributed by atoms with Crippen LogP contribution in [0.2, 0.25) is 0 Å². The first-order chi connectivity index (χ1) is 15.8. The number of amides is 2. The number of methoxy groups -OCH3 is 1. The van der Waals surface area contributed by atoms with Crippen LogP contribution in [0.5, 0.6) is 0 Å². The second-order valence-electron chi connectivity index (χ2n) is 9.02. The van der Waals surface area contributed by atoms with Crippen LogP contribution < -0.4 is 10.6 Å². The van der Waals surface area contributed by atoms with Gasteiger partial charge in [-0.25, -0.2) is 4.79 Å². The number of anilines is 1. The van der Waals surface area contributed by atoms with Gasteiger partial charge in [0, 0.05) is 37.3 Å². The van der Waals surface area contributed by atoms with Gasteiger partial charge in [0.25, 0.3) is 5.91 Å². The zero-order valence-corrected chi connectivity index (χ0v) is 20.2. The molecule has 4 rings (SSSR count). The number of nitrogens with zero attached hydrogens (tertiary/aromatic N) is 3. The van der Waals surface area contributed by atoms with Crippen molar-refractivity contribution in [2.75, 3.05) is 32.1 Å². The molecule has 10 heteroatoms. The van der Waals surface area contributed by atoms with E-state index in [0.717, 1.165) is 37.7 Å². The molecule has 0 spiro atoms. The van der Waals surface area contributed by atoms with Gasteiger partial charge < -0.3 is 15.4 Å². The van der Waals surface area contributed by atoms with E-state index >= 15 is 0 Å². The molecule has 9 nitrogen and oxygen atoms in total. The number of nitrogens with one attached hydrogen (secondary N) is 2. The molecule has 0 bridgehead atoms. The van der Waals surface area contributed by atoms with Crippen molar-refractivity contribution in [3.63, 3.8) is 0 Å². The van der Waals surface area contributed by atoms with E-state index in [1.165, 1.54) is 23.3 Å². The highest BCUT2D eigenvalue weighted by atomic mass is 32.1. The maximum absolute atomic E-state index is 12.8. The number of piperidine rings is 1. The van der Waals surface area contributed by atoms with E-state index in [2.05, 4.69) is 27.6 Å². The molecule has 1 aliphatic heterocycles. The third-order valence-electron chi connectivity index (χ3n) is 6.41. The van der Waals surface area contributed by atoms with Crippen LogP contribution >= 0.6 is 11.3 Å². The summed E-state index contributed by atoms with van der Waals surface area (Å²) in [7, 11) is 3.15. The van der Waals surface area contributed by atoms with Gasteiger partial charge in [-0.1, -0.05) is 6.92 Å². The Morgan fingerprint density at radius 1 is 1.24 bits per heavy atom. The first-order valence-corrected chi connectivity index (χ1v) is 12.2. The summed E-state index contributed by atoms with van der Waals surface area (Å²) < 4.78 is 6.61. The number of carbonyl (C=O) groups is 3. The molecule has 0 saturated carbocycles. The molecule has 1 aliphatic carbocycles.